The van der Waals surface area contributed by atoms with Crippen LogP contribution in [0.4, 0.5) is 0 Å². The van der Waals surface area contributed by atoms with E-state index in [9.17, 15) is 9.59 Å². The highest BCUT2D eigenvalue weighted by atomic mass is 16.5. The SMILES string of the molecule is C=C(C)C(=O)Oc1cc[nH]c(=O)c1. The zero-order chi connectivity index (χ0) is 9.84. The lowest BCUT2D eigenvalue weighted by Gasteiger charge is -2.01. The summed E-state index contributed by atoms with van der Waals surface area (Å²) in [6.07, 6.45) is 1.41. The van der Waals surface area contributed by atoms with Gasteiger partial charge < -0.3 is 9.72 Å². The van der Waals surface area contributed by atoms with Gasteiger partial charge in [0, 0.05) is 17.8 Å². The second-order valence-corrected chi connectivity index (χ2v) is 2.56. The minimum atomic E-state index is -0.536. The fourth-order valence-corrected chi connectivity index (χ4v) is 0.683. The quantitative estimate of drug-likeness (QED) is 0.541. The Morgan fingerprint density at radius 1 is 1.62 bits per heavy atom. The van der Waals surface area contributed by atoms with Gasteiger partial charge in [-0.2, -0.15) is 0 Å². The van der Waals surface area contributed by atoms with Gasteiger partial charge in [-0.25, -0.2) is 4.79 Å². The molecule has 68 valence electrons. The van der Waals surface area contributed by atoms with Gasteiger partial charge in [-0.05, 0) is 13.0 Å². The molecule has 0 fully saturated rings. The van der Waals surface area contributed by atoms with E-state index in [1.165, 1.54) is 25.3 Å². The van der Waals surface area contributed by atoms with Crippen molar-refractivity contribution in [3.8, 4) is 5.75 Å². The molecule has 1 heterocycles. The van der Waals surface area contributed by atoms with Crippen LogP contribution in [0.3, 0.4) is 0 Å². The van der Waals surface area contributed by atoms with E-state index in [0.717, 1.165) is 0 Å². The van der Waals surface area contributed by atoms with Crippen LogP contribution in [0.1, 0.15) is 6.92 Å². The Hall–Kier alpha value is -1.84. The zero-order valence-corrected chi connectivity index (χ0v) is 7.16. The summed E-state index contributed by atoms with van der Waals surface area (Å²) in [7, 11) is 0. The van der Waals surface area contributed by atoms with Crippen LogP contribution in [-0.2, 0) is 4.79 Å². The van der Waals surface area contributed by atoms with Crippen molar-refractivity contribution in [2.24, 2.45) is 0 Å². The fraction of sp³-hybridized carbons (Fsp3) is 0.111. The molecule has 0 aliphatic carbocycles. The third-order valence-corrected chi connectivity index (χ3v) is 1.31. The first-order valence-corrected chi connectivity index (χ1v) is 3.66. The summed E-state index contributed by atoms with van der Waals surface area (Å²) in [5, 5.41) is 0. The molecule has 0 radical (unpaired) electrons. The first-order chi connectivity index (χ1) is 6.09. The lowest BCUT2D eigenvalue weighted by molar-refractivity contribution is -0.130. The van der Waals surface area contributed by atoms with E-state index in [1.807, 2.05) is 0 Å². The Morgan fingerprint density at radius 2 is 2.31 bits per heavy atom. The first kappa shape index (κ1) is 9.25. The maximum Gasteiger partial charge on any atom is 0.338 e. The molecule has 0 atom stereocenters. The van der Waals surface area contributed by atoms with Gasteiger partial charge >= 0.3 is 5.97 Å². The maximum absolute atomic E-state index is 11.0. The van der Waals surface area contributed by atoms with Crippen LogP contribution in [0.5, 0.6) is 5.75 Å². The van der Waals surface area contributed by atoms with Crippen molar-refractivity contribution in [3.63, 3.8) is 0 Å². The number of nitrogens with one attached hydrogen (secondary N) is 1. The molecule has 1 aromatic rings. The largest absolute Gasteiger partial charge is 0.423 e. The van der Waals surface area contributed by atoms with E-state index in [1.54, 1.807) is 0 Å². The number of pyridine rings is 1. The molecule has 0 saturated heterocycles. The van der Waals surface area contributed by atoms with Crippen molar-refractivity contribution in [1.29, 1.82) is 0 Å². The highest BCUT2D eigenvalue weighted by molar-refractivity contribution is 5.88. The van der Waals surface area contributed by atoms with Gasteiger partial charge in [0.25, 0.3) is 5.56 Å². The molecule has 13 heavy (non-hydrogen) atoms. The van der Waals surface area contributed by atoms with Crippen molar-refractivity contribution >= 4 is 5.97 Å². The number of aromatic nitrogens is 1. The summed E-state index contributed by atoms with van der Waals surface area (Å²) in [5.74, 6) is -0.317. The average Bonchev–Trinajstić information content (AvgIpc) is 2.04. The number of H-pyrrole nitrogens is 1. The van der Waals surface area contributed by atoms with Crippen LogP contribution in [0.2, 0.25) is 0 Å². The van der Waals surface area contributed by atoms with Crippen LogP contribution in [0, 0.1) is 0 Å². The second kappa shape index (κ2) is 3.71. The summed E-state index contributed by atoms with van der Waals surface area (Å²) in [4.78, 5) is 24.2. The molecule has 4 nitrogen and oxygen atoms in total. The Bertz CT molecular complexity index is 392. The van der Waals surface area contributed by atoms with Crippen molar-refractivity contribution in [2.75, 3.05) is 0 Å². The zero-order valence-electron chi connectivity index (χ0n) is 7.16. The predicted molar refractivity (Wildman–Crippen MR) is 47.5 cm³/mol. The van der Waals surface area contributed by atoms with Crippen molar-refractivity contribution < 1.29 is 9.53 Å². The average molecular weight is 179 g/mol. The predicted octanol–water partition coefficient (Wildman–Crippen LogP) is 0.856. The molecule has 0 spiro atoms. The van der Waals surface area contributed by atoms with Crippen LogP contribution in [-0.4, -0.2) is 11.0 Å². The number of carbonyl (C=O) groups is 1. The number of ether oxygens (including phenoxy) is 1. The third-order valence-electron chi connectivity index (χ3n) is 1.31. The molecule has 0 saturated carbocycles. The topological polar surface area (TPSA) is 59.2 Å². The smallest absolute Gasteiger partial charge is 0.338 e. The minimum absolute atomic E-state index is 0.219. The summed E-state index contributed by atoms with van der Waals surface area (Å²) in [5.41, 5.74) is -0.0210. The van der Waals surface area contributed by atoms with E-state index >= 15 is 0 Å². The third kappa shape index (κ3) is 2.59. The Kier molecular flexibility index (Phi) is 2.64. The molecule has 4 heteroatoms. The van der Waals surface area contributed by atoms with Crippen LogP contribution in [0.15, 0.2) is 35.3 Å². The summed E-state index contributed by atoms with van der Waals surface area (Å²) in [6, 6.07) is 2.68. The molecule has 0 aromatic carbocycles. The number of rotatable bonds is 2. The first-order valence-electron chi connectivity index (χ1n) is 3.66. The molecule has 0 aliphatic rings. The lowest BCUT2D eigenvalue weighted by Crippen LogP contribution is -2.11. The van der Waals surface area contributed by atoms with Crippen LogP contribution < -0.4 is 10.3 Å². The summed E-state index contributed by atoms with van der Waals surface area (Å²) < 4.78 is 4.80. The molecule has 0 aliphatic heterocycles. The van der Waals surface area contributed by atoms with Crippen molar-refractivity contribution in [3.05, 3.63) is 40.8 Å². The van der Waals surface area contributed by atoms with E-state index in [4.69, 9.17) is 4.74 Å². The number of carbonyl (C=O) groups excluding carboxylic acids is 1. The van der Waals surface area contributed by atoms with Gasteiger partial charge in [0.15, 0.2) is 0 Å². The monoisotopic (exact) mass is 179 g/mol. The molecule has 1 rings (SSSR count). The molecule has 0 amide bonds. The molecule has 0 bridgehead atoms. The van der Waals surface area contributed by atoms with Gasteiger partial charge in [-0.15, -0.1) is 0 Å². The minimum Gasteiger partial charge on any atom is -0.423 e. The van der Waals surface area contributed by atoms with Gasteiger partial charge in [0.1, 0.15) is 5.75 Å². The van der Waals surface area contributed by atoms with E-state index < -0.39 is 5.97 Å². The standard InChI is InChI=1S/C9H9NO3/c1-6(2)9(12)13-7-3-4-10-8(11)5-7/h3-5H,1H2,2H3,(H,10,11). The number of hydrogen-bond donors (Lipinski definition) is 1. The van der Waals surface area contributed by atoms with Gasteiger partial charge in [0.05, 0.1) is 0 Å². The van der Waals surface area contributed by atoms with Crippen LogP contribution >= 0.6 is 0 Å². The van der Waals surface area contributed by atoms with Crippen molar-refractivity contribution in [2.45, 2.75) is 6.92 Å². The highest BCUT2D eigenvalue weighted by Crippen LogP contribution is 2.06. The van der Waals surface area contributed by atoms with E-state index in [0.29, 0.717) is 5.57 Å². The Labute approximate surface area is 74.9 Å². The number of hydrogen-bond acceptors (Lipinski definition) is 3. The summed E-state index contributed by atoms with van der Waals surface area (Å²) in [6.45, 7) is 4.95. The molecular weight excluding hydrogens is 170 g/mol. The van der Waals surface area contributed by atoms with E-state index in [2.05, 4.69) is 11.6 Å². The molecule has 1 aromatic heterocycles. The fourth-order valence-electron chi connectivity index (χ4n) is 0.683. The molecule has 0 unspecified atom stereocenters. The Morgan fingerprint density at radius 3 is 2.85 bits per heavy atom. The molecular formula is C9H9NO3. The maximum atomic E-state index is 11.0. The second-order valence-electron chi connectivity index (χ2n) is 2.56. The van der Waals surface area contributed by atoms with Crippen LogP contribution in [0.25, 0.3) is 0 Å². The summed E-state index contributed by atoms with van der Waals surface area (Å²) >= 11 is 0. The van der Waals surface area contributed by atoms with Crippen molar-refractivity contribution in [1.82, 2.24) is 4.98 Å². The molecule has 1 N–H and O–H groups in total. The number of aromatic amines is 1. The normalized spacial score (nSPS) is 9.31. The van der Waals surface area contributed by atoms with Gasteiger partial charge in [-0.3, -0.25) is 4.79 Å². The number of esters is 1. The van der Waals surface area contributed by atoms with E-state index in [-0.39, 0.29) is 11.3 Å². The highest BCUT2D eigenvalue weighted by Gasteiger charge is 2.04. The lowest BCUT2D eigenvalue weighted by atomic mass is 10.3. The van der Waals surface area contributed by atoms with Gasteiger partial charge in [0.2, 0.25) is 0 Å². The van der Waals surface area contributed by atoms with Gasteiger partial charge in [-0.1, -0.05) is 6.58 Å². The Balaban J connectivity index is 2.81.